The van der Waals surface area contributed by atoms with Gasteiger partial charge in [-0.1, -0.05) is 35.9 Å². The Labute approximate surface area is 120 Å². The van der Waals surface area contributed by atoms with Gasteiger partial charge in [0.2, 0.25) is 0 Å². The van der Waals surface area contributed by atoms with Gasteiger partial charge in [-0.3, -0.25) is 5.84 Å². The molecule has 0 aliphatic carbocycles. The van der Waals surface area contributed by atoms with E-state index in [2.05, 4.69) is 49.6 Å². The minimum atomic E-state index is -0.0143. The van der Waals surface area contributed by atoms with Crippen LogP contribution in [-0.4, -0.2) is 7.11 Å². The average Bonchev–Trinajstić information content (AvgIpc) is 2.44. The van der Waals surface area contributed by atoms with Crippen LogP contribution in [0.5, 0.6) is 5.75 Å². The van der Waals surface area contributed by atoms with Crippen LogP contribution in [0, 0.1) is 20.8 Å². The Morgan fingerprint density at radius 3 is 2.35 bits per heavy atom. The van der Waals surface area contributed by atoms with Crippen LogP contribution in [0.15, 0.2) is 36.4 Å². The molecule has 2 aromatic rings. The van der Waals surface area contributed by atoms with Gasteiger partial charge in [-0.15, -0.1) is 0 Å². The van der Waals surface area contributed by atoms with E-state index in [0.29, 0.717) is 0 Å². The molecule has 1 unspecified atom stereocenters. The fourth-order valence-corrected chi connectivity index (χ4v) is 2.52. The number of nitrogens with two attached hydrogens (primary N) is 1. The molecule has 2 aromatic carbocycles. The molecule has 0 saturated heterocycles. The molecule has 0 aromatic heterocycles. The van der Waals surface area contributed by atoms with Gasteiger partial charge in [-0.2, -0.15) is 0 Å². The van der Waals surface area contributed by atoms with E-state index in [1.54, 1.807) is 7.11 Å². The maximum atomic E-state index is 5.80. The van der Waals surface area contributed by atoms with E-state index >= 15 is 0 Å². The van der Waals surface area contributed by atoms with Gasteiger partial charge in [0.25, 0.3) is 0 Å². The van der Waals surface area contributed by atoms with Crippen LogP contribution < -0.4 is 16.0 Å². The van der Waals surface area contributed by atoms with E-state index in [1.165, 1.54) is 16.7 Å². The minimum Gasteiger partial charge on any atom is -0.496 e. The van der Waals surface area contributed by atoms with Crippen molar-refractivity contribution in [3.63, 3.8) is 0 Å². The Hall–Kier alpha value is -1.84. The summed E-state index contributed by atoms with van der Waals surface area (Å²) >= 11 is 0. The van der Waals surface area contributed by atoms with Crippen molar-refractivity contribution in [2.45, 2.75) is 26.8 Å². The van der Waals surface area contributed by atoms with Gasteiger partial charge in [-0.25, -0.2) is 5.43 Å². The Bertz CT molecular complexity index is 608. The molecule has 0 aliphatic heterocycles. The molecule has 20 heavy (non-hydrogen) atoms. The van der Waals surface area contributed by atoms with Crippen LogP contribution in [-0.2, 0) is 0 Å². The molecule has 3 nitrogen and oxygen atoms in total. The molecule has 106 valence electrons. The number of benzene rings is 2. The highest BCUT2D eigenvalue weighted by Crippen LogP contribution is 2.28. The van der Waals surface area contributed by atoms with Crippen molar-refractivity contribution in [2.24, 2.45) is 5.84 Å². The third-order valence-corrected chi connectivity index (χ3v) is 3.66. The van der Waals surface area contributed by atoms with Crippen LogP contribution >= 0.6 is 0 Å². The predicted octanol–water partition coefficient (Wildman–Crippen LogP) is 3.17. The Balaban J connectivity index is 2.46. The van der Waals surface area contributed by atoms with E-state index in [4.69, 9.17) is 10.6 Å². The maximum absolute atomic E-state index is 5.80. The number of methoxy groups -OCH3 is 1. The van der Waals surface area contributed by atoms with Crippen molar-refractivity contribution in [3.8, 4) is 5.75 Å². The Morgan fingerprint density at radius 1 is 1.00 bits per heavy atom. The highest BCUT2D eigenvalue weighted by atomic mass is 16.5. The molecule has 0 bridgehead atoms. The predicted molar refractivity (Wildman–Crippen MR) is 82.8 cm³/mol. The van der Waals surface area contributed by atoms with Gasteiger partial charge >= 0.3 is 0 Å². The smallest absolute Gasteiger partial charge is 0.121 e. The monoisotopic (exact) mass is 270 g/mol. The van der Waals surface area contributed by atoms with Gasteiger partial charge in [0.1, 0.15) is 5.75 Å². The largest absolute Gasteiger partial charge is 0.496 e. The van der Waals surface area contributed by atoms with E-state index in [9.17, 15) is 0 Å². The summed E-state index contributed by atoms with van der Waals surface area (Å²) < 4.78 is 5.31. The highest BCUT2D eigenvalue weighted by Gasteiger charge is 2.15. The van der Waals surface area contributed by atoms with E-state index < -0.39 is 0 Å². The van der Waals surface area contributed by atoms with E-state index in [0.717, 1.165) is 16.9 Å². The standard InChI is InChI=1S/C17H22N2O/c1-11-5-6-12(2)15(9-11)17(19-18)14-7-8-16(20-4)13(3)10-14/h5-10,17,19H,18H2,1-4H3. The molecule has 0 spiro atoms. The number of hydrogen-bond donors (Lipinski definition) is 2. The third kappa shape index (κ3) is 2.84. The fourth-order valence-electron chi connectivity index (χ4n) is 2.52. The molecular formula is C17H22N2O. The number of hydrazine groups is 1. The quantitative estimate of drug-likeness (QED) is 0.662. The lowest BCUT2D eigenvalue weighted by atomic mass is 9.93. The van der Waals surface area contributed by atoms with Crippen molar-refractivity contribution >= 4 is 0 Å². The van der Waals surface area contributed by atoms with Crippen LogP contribution in [0.4, 0.5) is 0 Å². The second-order valence-electron chi connectivity index (χ2n) is 5.19. The number of ether oxygens (including phenoxy) is 1. The first-order chi connectivity index (χ1) is 9.56. The van der Waals surface area contributed by atoms with Crippen LogP contribution in [0.25, 0.3) is 0 Å². The lowest BCUT2D eigenvalue weighted by Gasteiger charge is -2.20. The number of rotatable bonds is 4. The van der Waals surface area contributed by atoms with Gasteiger partial charge < -0.3 is 4.74 Å². The summed E-state index contributed by atoms with van der Waals surface area (Å²) in [6.07, 6.45) is 0. The number of nitrogens with one attached hydrogen (secondary N) is 1. The summed E-state index contributed by atoms with van der Waals surface area (Å²) in [7, 11) is 1.69. The summed E-state index contributed by atoms with van der Waals surface area (Å²) in [6.45, 7) is 6.24. The molecule has 0 amide bonds. The third-order valence-electron chi connectivity index (χ3n) is 3.66. The van der Waals surface area contributed by atoms with Gasteiger partial charge in [0.15, 0.2) is 0 Å². The maximum Gasteiger partial charge on any atom is 0.121 e. The zero-order chi connectivity index (χ0) is 14.7. The molecule has 0 fully saturated rings. The summed E-state index contributed by atoms with van der Waals surface area (Å²) in [5.74, 6) is 6.69. The number of aryl methyl sites for hydroxylation is 3. The van der Waals surface area contributed by atoms with Crippen molar-refractivity contribution in [1.29, 1.82) is 0 Å². The van der Waals surface area contributed by atoms with Crippen molar-refractivity contribution in [2.75, 3.05) is 7.11 Å². The molecule has 0 radical (unpaired) electrons. The van der Waals surface area contributed by atoms with Crippen LogP contribution in [0.1, 0.15) is 33.9 Å². The normalized spacial score (nSPS) is 12.2. The van der Waals surface area contributed by atoms with Crippen molar-refractivity contribution < 1.29 is 4.74 Å². The summed E-state index contributed by atoms with van der Waals surface area (Å²) in [5, 5.41) is 0. The topological polar surface area (TPSA) is 47.3 Å². The van der Waals surface area contributed by atoms with Crippen molar-refractivity contribution in [1.82, 2.24) is 5.43 Å². The molecule has 3 heteroatoms. The zero-order valence-electron chi connectivity index (χ0n) is 12.5. The molecule has 0 heterocycles. The molecule has 1 atom stereocenters. The first-order valence-electron chi connectivity index (χ1n) is 6.74. The van der Waals surface area contributed by atoms with Crippen molar-refractivity contribution in [3.05, 3.63) is 64.2 Å². The summed E-state index contributed by atoms with van der Waals surface area (Å²) in [6, 6.07) is 12.6. The minimum absolute atomic E-state index is 0.0143. The SMILES string of the molecule is COc1ccc(C(NN)c2cc(C)ccc2C)cc1C. The Kier molecular flexibility index (Phi) is 4.42. The molecule has 0 aliphatic rings. The Morgan fingerprint density at radius 2 is 1.75 bits per heavy atom. The summed E-state index contributed by atoms with van der Waals surface area (Å²) in [5.41, 5.74) is 8.84. The number of hydrogen-bond acceptors (Lipinski definition) is 3. The first kappa shape index (κ1) is 14.6. The second-order valence-corrected chi connectivity index (χ2v) is 5.19. The molecule has 0 saturated carbocycles. The first-order valence-corrected chi connectivity index (χ1v) is 6.74. The zero-order valence-corrected chi connectivity index (χ0v) is 12.5. The van der Waals surface area contributed by atoms with Crippen LogP contribution in [0.3, 0.4) is 0 Å². The van der Waals surface area contributed by atoms with Gasteiger partial charge in [0, 0.05) is 0 Å². The molecule has 3 N–H and O–H groups in total. The van der Waals surface area contributed by atoms with E-state index in [-0.39, 0.29) is 6.04 Å². The van der Waals surface area contributed by atoms with Crippen LogP contribution in [0.2, 0.25) is 0 Å². The van der Waals surface area contributed by atoms with Gasteiger partial charge in [0.05, 0.1) is 13.2 Å². The highest BCUT2D eigenvalue weighted by molar-refractivity contribution is 5.43. The second kappa shape index (κ2) is 6.07. The summed E-state index contributed by atoms with van der Waals surface area (Å²) in [4.78, 5) is 0. The molecular weight excluding hydrogens is 248 g/mol. The fraction of sp³-hybridized carbons (Fsp3) is 0.294. The van der Waals surface area contributed by atoms with Gasteiger partial charge in [-0.05, 0) is 49.1 Å². The molecule has 2 rings (SSSR count). The average molecular weight is 270 g/mol. The lowest BCUT2D eigenvalue weighted by Crippen LogP contribution is -2.29. The lowest BCUT2D eigenvalue weighted by molar-refractivity contribution is 0.411. The van der Waals surface area contributed by atoms with E-state index in [1.807, 2.05) is 13.0 Å².